The maximum Gasteiger partial charge on any atom is 0.224 e. The van der Waals surface area contributed by atoms with Gasteiger partial charge in [0.25, 0.3) is 0 Å². The van der Waals surface area contributed by atoms with E-state index in [-0.39, 0.29) is 17.9 Å². The van der Waals surface area contributed by atoms with E-state index in [9.17, 15) is 9.59 Å². The normalized spacial score (nSPS) is 16.2. The van der Waals surface area contributed by atoms with Crippen molar-refractivity contribution in [2.24, 2.45) is 0 Å². The number of nitrogens with one attached hydrogen (secondary N) is 1. The SMILES string of the molecule is CC(CN1CCCC1=O)NC(=O)Cc1ccc(N)cc1. The van der Waals surface area contributed by atoms with Gasteiger partial charge in [-0.1, -0.05) is 12.1 Å². The Morgan fingerprint density at radius 3 is 2.70 bits per heavy atom. The number of hydrogen-bond acceptors (Lipinski definition) is 3. The van der Waals surface area contributed by atoms with Crippen molar-refractivity contribution >= 4 is 17.5 Å². The Labute approximate surface area is 119 Å². The number of carbonyl (C=O) groups is 2. The monoisotopic (exact) mass is 275 g/mol. The summed E-state index contributed by atoms with van der Waals surface area (Å²) in [6.07, 6.45) is 1.88. The second-order valence-electron chi connectivity index (χ2n) is 5.33. The van der Waals surface area contributed by atoms with Gasteiger partial charge in [0.15, 0.2) is 0 Å². The highest BCUT2D eigenvalue weighted by atomic mass is 16.2. The molecule has 1 atom stereocenters. The summed E-state index contributed by atoms with van der Waals surface area (Å²) in [6, 6.07) is 7.25. The average Bonchev–Trinajstić information content (AvgIpc) is 2.77. The smallest absolute Gasteiger partial charge is 0.224 e. The summed E-state index contributed by atoms with van der Waals surface area (Å²) in [6.45, 7) is 3.32. The van der Waals surface area contributed by atoms with Gasteiger partial charge in [-0.25, -0.2) is 0 Å². The van der Waals surface area contributed by atoms with Gasteiger partial charge in [-0.2, -0.15) is 0 Å². The van der Waals surface area contributed by atoms with Crippen LogP contribution in [0.2, 0.25) is 0 Å². The fraction of sp³-hybridized carbons (Fsp3) is 0.467. The number of nitrogens with two attached hydrogens (primary N) is 1. The molecular formula is C15H21N3O2. The molecule has 0 aliphatic carbocycles. The molecule has 0 saturated carbocycles. The van der Waals surface area contributed by atoms with E-state index in [1.807, 2.05) is 24.0 Å². The minimum absolute atomic E-state index is 0.0293. The van der Waals surface area contributed by atoms with Crippen LogP contribution >= 0.6 is 0 Å². The predicted molar refractivity (Wildman–Crippen MR) is 78.0 cm³/mol. The summed E-state index contributed by atoms with van der Waals surface area (Å²) in [4.78, 5) is 25.3. The zero-order valence-electron chi connectivity index (χ0n) is 11.8. The highest BCUT2D eigenvalue weighted by Gasteiger charge is 2.22. The Kier molecular flexibility index (Phi) is 4.61. The topological polar surface area (TPSA) is 75.4 Å². The Bertz CT molecular complexity index is 484. The van der Waals surface area contributed by atoms with Crippen molar-refractivity contribution in [2.45, 2.75) is 32.2 Å². The molecule has 1 unspecified atom stereocenters. The largest absolute Gasteiger partial charge is 0.399 e. The lowest BCUT2D eigenvalue weighted by Crippen LogP contribution is -2.42. The molecule has 1 fully saturated rings. The van der Waals surface area contributed by atoms with Gasteiger partial charge < -0.3 is 16.0 Å². The van der Waals surface area contributed by atoms with E-state index in [1.165, 1.54) is 0 Å². The third-order valence-corrected chi connectivity index (χ3v) is 3.42. The van der Waals surface area contributed by atoms with Gasteiger partial charge in [0.05, 0.1) is 6.42 Å². The Morgan fingerprint density at radius 1 is 1.40 bits per heavy atom. The molecule has 1 aromatic rings. The standard InChI is InChI=1S/C15H21N3O2/c1-11(10-18-8-2-3-15(18)20)17-14(19)9-12-4-6-13(16)7-5-12/h4-7,11H,2-3,8-10,16H2,1H3,(H,17,19). The number of hydrogen-bond donors (Lipinski definition) is 2. The predicted octanol–water partition coefficient (Wildman–Crippen LogP) is 0.938. The molecule has 1 aliphatic heterocycles. The van der Waals surface area contributed by atoms with E-state index < -0.39 is 0 Å². The first kappa shape index (κ1) is 14.4. The molecule has 1 saturated heterocycles. The average molecular weight is 275 g/mol. The van der Waals surface area contributed by atoms with E-state index in [2.05, 4.69) is 5.32 Å². The first-order valence-corrected chi connectivity index (χ1v) is 6.96. The van der Waals surface area contributed by atoms with Crippen LogP contribution in [0, 0.1) is 0 Å². The molecule has 20 heavy (non-hydrogen) atoms. The zero-order chi connectivity index (χ0) is 14.5. The number of benzene rings is 1. The lowest BCUT2D eigenvalue weighted by atomic mass is 10.1. The quantitative estimate of drug-likeness (QED) is 0.785. The molecule has 0 aromatic heterocycles. The molecule has 2 amide bonds. The Balaban J connectivity index is 1.78. The van der Waals surface area contributed by atoms with Crippen LogP contribution in [0.1, 0.15) is 25.3 Å². The lowest BCUT2D eigenvalue weighted by molar-refractivity contribution is -0.129. The van der Waals surface area contributed by atoms with E-state index >= 15 is 0 Å². The van der Waals surface area contributed by atoms with Crippen molar-refractivity contribution in [3.05, 3.63) is 29.8 Å². The summed E-state index contributed by atoms with van der Waals surface area (Å²) >= 11 is 0. The van der Waals surface area contributed by atoms with Crippen LogP contribution in [0.3, 0.4) is 0 Å². The van der Waals surface area contributed by atoms with Gasteiger partial charge in [-0.15, -0.1) is 0 Å². The number of anilines is 1. The second-order valence-corrected chi connectivity index (χ2v) is 5.33. The zero-order valence-corrected chi connectivity index (χ0v) is 11.8. The molecule has 0 bridgehead atoms. The second kappa shape index (κ2) is 6.41. The number of nitrogens with zero attached hydrogens (tertiary/aromatic N) is 1. The third kappa shape index (κ3) is 3.98. The number of amides is 2. The molecule has 108 valence electrons. The lowest BCUT2D eigenvalue weighted by Gasteiger charge is -2.21. The van der Waals surface area contributed by atoms with Crippen LogP contribution < -0.4 is 11.1 Å². The van der Waals surface area contributed by atoms with Gasteiger partial charge in [-0.3, -0.25) is 9.59 Å². The highest BCUT2D eigenvalue weighted by Crippen LogP contribution is 2.10. The first-order chi connectivity index (χ1) is 9.54. The molecule has 1 heterocycles. The van der Waals surface area contributed by atoms with E-state index in [4.69, 9.17) is 5.73 Å². The van der Waals surface area contributed by atoms with E-state index in [1.54, 1.807) is 12.1 Å². The molecule has 1 aliphatic rings. The van der Waals surface area contributed by atoms with E-state index in [0.717, 1.165) is 18.5 Å². The van der Waals surface area contributed by atoms with Crippen LogP contribution in [0.15, 0.2) is 24.3 Å². The number of rotatable bonds is 5. The number of carbonyl (C=O) groups excluding carboxylic acids is 2. The molecule has 5 heteroatoms. The Hall–Kier alpha value is -2.04. The summed E-state index contributed by atoms with van der Waals surface area (Å²) in [5.41, 5.74) is 7.23. The van der Waals surface area contributed by atoms with Crippen molar-refractivity contribution in [1.29, 1.82) is 0 Å². The molecule has 2 rings (SSSR count). The fourth-order valence-corrected chi connectivity index (χ4v) is 2.42. The van der Waals surface area contributed by atoms with Crippen LogP contribution in [0.25, 0.3) is 0 Å². The van der Waals surface area contributed by atoms with Gasteiger partial charge in [0, 0.05) is 31.2 Å². The molecule has 0 radical (unpaired) electrons. The highest BCUT2D eigenvalue weighted by molar-refractivity contribution is 5.80. The molecule has 5 nitrogen and oxygen atoms in total. The fourth-order valence-electron chi connectivity index (χ4n) is 2.42. The summed E-state index contributed by atoms with van der Waals surface area (Å²) in [7, 11) is 0. The molecule has 1 aromatic carbocycles. The van der Waals surface area contributed by atoms with Gasteiger partial charge in [-0.05, 0) is 31.0 Å². The van der Waals surface area contributed by atoms with Crippen LogP contribution in [0.5, 0.6) is 0 Å². The van der Waals surface area contributed by atoms with Crippen molar-refractivity contribution in [3.8, 4) is 0 Å². The molecule has 3 N–H and O–H groups in total. The molecule has 0 spiro atoms. The van der Waals surface area contributed by atoms with Crippen molar-refractivity contribution < 1.29 is 9.59 Å². The van der Waals surface area contributed by atoms with Crippen molar-refractivity contribution in [2.75, 3.05) is 18.8 Å². The van der Waals surface area contributed by atoms with Crippen molar-refractivity contribution in [3.63, 3.8) is 0 Å². The Morgan fingerprint density at radius 2 is 2.10 bits per heavy atom. The van der Waals surface area contributed by atoms with Gasteiger partial charge in [0.2, 0.25) is 11.8 Å². The van der Waals surface area contributed by atoms with Crippen LogP contribution in [-0.2, 0) is 16.0 Å². The molecular weight excluding hydrogens is 254 g/mol. The maximum atomic E-state index is 11.9. The number of likely N-dealkylation sites (tertiary alicyclic amines) is 1. The van der Waals surface area contributed by atoms with Crippen LogP contribution in [-0.4, -0.2) is 35.8 Å². The minimum atomic E-state index is -0.0334. The minimum Gasteiger partial charge on any atom is -0.399 e. The van der Waals surface area contributed by atoms with Gasteiger partial charge >= 0.3 is 0 Å². The van der Waals surface area contributed by atoms with Gasteiger partial charge in [0.1, 0.15) is 0 Å². The maximum absolute atomic E-state index is 11.9. The van der Waals surface area contributed by atoms with Crippen molar-refractivity contribution in [1.82, 2.24) is 10.2 Å². The summed E-state index contributed by atoms with van der Waals surface area (Å²) in [5.74, 6) is 0.151. The number of nitrogen functional groups attached to an aromatic ring is 1. The first-order valence-electron chi connectivity index (χ1n) is 6.96. The summed E-state index contributed by atoms with van der Waals surface area (Å²) in [5, 5.41) is 2.93. The van der Waals surface area contributed by atoms with Crippen LogP contribution in [0.4, 0.5) is 5.69 Å². The van der Waals surface area contributed by atoms with E-state index in [0.29, 0.717) is 25.1 Å². The summed E-state index contributed by atoms with van der Waals surface area (Å²) < 4.78 is 0. The third-order valence-electron chi connectivity index (χ3n) is 3.42.